The number of piperazine rings is 1. The van der Waals surface area contributed by atoms with E-state index in [0.717, 1.165) is 43.4 Å². The molecule has 0 saturated carbocycles. The summed E-state index contributed by atoms with van der Waals surface area (Å²) in [7, 11) is 0. The second-order valence-corrected chi connectivity index (χ2v) is 9.30. The van der Waals surface area contributed by atoms with Crippen LogP contribution in [-0.2, 0) is 0 Å². The predicted octanol–water partition coefficient (Wildman–Crippen LogP) is 5.81. The monoisotopic (exact) mass is 440 g/mol. The zero-order valence-corrected chi connectivity index (χ0v) is 19.5. The van der Waals surface area contributed by atoms with E-state index >= 15 is 0 Å². The first kappa shape index (κ1) is 20.9. The van der Waals surface area contributed by atoms with E-state index in [0.29, 0.717) is 0 Å². The molecule has 0 amide bonds. The van der Waals surface area contributed by atoms with Gasteiger partial charge in [-0.25, -0.2) is 9.97 Å². The van der Waals surface area contributed by atoms with Crippen LogP contribution < -0.4 is 4.90 Å². The van der Waals surface area contributed by atoms with Crippen molar-refractivity contribution in [2.24, 2.45) is 0 Å². The van der Waals surface area contributed by atoms with Gasteiger partial charge < -0.3 is 4.90 Å². The molecular formula is C27H28N4S. The summed E-state index contributed by atoms with van der Waals surface area (Å²) in [6.45, 7) is 9.35. The summed E-state index contributed by atoms with van der Waals surface area (Å²) < 4.78 is 0. The maximum absolute atomic E-state index is 4.75. The van der Waals surface area contributed by atoms with Crippen molar-refractivity contribution in [1.29, 1.82) is 0 Å². The number of thiophene rings is 1. The molecule has 0 bridgehead atoms. The minimum Gasteiger partial charge on any atom is -0.353 e. The lowest BCUT2D eigenvalue weighted by Crippen LogP contribution is -2.46. The van der Waals surface area contributed by atoms with Gasteiger partial charge in [-0.05, 0) is 30.5 Å². The van der Waals surface area contributed by atoms with Gasteiger partial charge >= 0.3 is 0 Å². The second kappa shape index (κ2) is 9.23. The van der Waals surface area contributed by atoms with Crippen molar-refractivity contribution in [3.63, 3.8) is 0 Å². The Morgan fingerprint density at radius 3 is 2.53 bits per heavy atom. The molecule has 1 aliphatic heterocycles. The third-order valence-corrected chi connectivity index (χ3v) is 7.05. The van der Waals surface area contributed by atoms with Crippen LogP contribution in [0.1, 0.15) is 16.7 Å². The first-order valence-corrected chi connectivity index (χ1v) is 12.1. The quantitative estimate of drug-likeness (QED) is 0.392. The molecule has 2 aromatic carbocycles. The Morgan fingerprint density at radius 1 is 0.938 bits per heavy atom. The number of anilines is 1. The molecule has 0 atom stereocenters. The van der Waals surface area contributed by atoms with Gasteiger partial charge in [0.15, 0.2) is 0 Å². The summed E-state index contributed by atoms with van der Waals surface area (Å²) in [6.07, 6.45) is 6.20. The number of hydrogen-bond acceptors (Lipinski definition) is 5. The van der Waals surface area contributed by atoms with Crippen molar-refractivity contribution < 1.29 is 0 Å². The Balaban J connectivity index is 1.34. The highest BCUT2D eigenvalue weighted by Crippen LogP contribution is 2.39. The Bertz CT molecular complexity index is 1240. The number of rotatable bonds is 5. The maximum atomic E-state index is 4.75. The summed E-state index contributed by atoms with van der Waals surface area (Å²) >= 11 is 1.71. The zero-order chi connectivity index (χ0) is 21.9. The van der Waals surface area contributed by atoms with Gasteiger partial charge in [-0.15, -0.1) is 11.3 Å². The van der Waals surface area contributed by atoms with Gasteiger partial charge in [-0.1, -0.05) is 66.2 Å². The summed E-state index contributed by atoms with van der Waals surface area (Å²) in [4.78, 5) is 15.3. The summed E-state index contributed by atoms with van der Waals surface area (Å²) in [5.41, 5.74) is 6.38. The molecule has 0 radical (unpaired) electrons. The average Bonchev–Trinajstić information content (AvgIpc) is 3.24. The van der Waals surface area contributed by atoms with E-state index in [4.69, 9.17) is 4.98 Å². The lowest BCUT2D eigenvalue weighted by Gasteiger charge is -2.35. The van der Waals surface area contributed by atoms with Gasteiger partial charge in [0.1, 0.15) is 17.0 Å². The van der Waals surface area contributed by atoms with E-state index in [1.165, 1.54) is 33.2 Å². The zero-order valence-electron chi connectivity index (χ0n) is 18.7. The van der Waals surface area contributed by atoms with E-state index in [1.54, 1.807) is 17.7 Å². The van der Waals surface area contributed by atoms with Crippen molar-refractivity contribution in [3.8, 4) is 11.1 Å². The normalized spacial score (nSPS) is 15.1. The van der Waals surface area contributed by atoms with Gasteiger partial charge in [0.05, 0.1) is 5.39 Å². The first-order valence-electron chi connectivity index (χ1n) is 11.2. The molecule has 1 fully saturated rings. The molecule has 5 heteroatoms. The molecule has 1 aliphatic rings. The van der Waals surface area contributed by atoms with Crippen molar-refractivity contribution in [1.82, 2.24) is 14.9 Å². The van der Waals surface area contributed by atoms with Crippen molar-refractivity contribution in [3.05, 3.63) is 83.0 Å². The largest absolute Gasteiger partial charge is 0.353 e. The van der Waals surface area contributed by atoms with Crippen LogP contribution >= 0.6 is 11.3 Å². The van der Waals surface area contributed by atoms with Crippen LogP contribution in [0.2, 0.25) is 0 Å². The lowest BCUT2D eigenvalue weighted by molar-refractivity contribution is 0.284. The Hall–Kier alpha value is -3.02. The number of fused-ring (bicyclic) bond motifs is 1. The van der Waals surface area contributed by atoms with E-state index < -0.39 is 0 Å². The fourth-order valence-electron chi connectivity index (χ4n) is 4.46. The number of hydrogen-bond donors (Lipinski definition) is 0. The maximum Gasteiger partial charge on any atom is 0.141 e. The average molecular weight is 441 g/mol. The van der Waals surface area contributed by atoms with E-state index in [-0.39, 0.29) is 0 Å². The molecule has 1 saturated heterocycles. The first-order chi connectivity index (χ1) is 15.7. The smallest absolute Gasteiger partial charge is 0.141 e. The number of aryl methyl sites for hydroxylation is 2. The second-order valence-electron chi connectivity index (χ2n) is 8.45. The molecule has 32 heavy (non-hydrogen) atoms. The third-order valence-electron chi connectivity index (χ3n) is 6.17. The number of nitrogens with zero attached hydrogens (tertiary/aromatic N) is 4. The van der Waals surface area contributed by atoms with Gasteiger partial charge in [0.2, 0.25) is 0 Å². The van der Waals surface area contributed by atoms with Crippen molar-refractivity contribution in [2.45, 2.75) is 13.8 Å². The van der Waals surface area contributed by atoms with Crippen LogP contribution in [0.3, 0.4) is 0 Å². The topological polar surface area (TPSA) is 32.3 Å². The highest BCUT2D eigenvalue weighted by molar-refractivity contribution is 7.17. The SMILES string of the molecule is Cc1ccc(-c2csc3ncnc(N4CCN(C/C=C/c5ccccc5)CC4)c23)c(C)c1. The minimum absolute atomic E-state index is 0.980. The highest BCUT2D eigenvalue weighted by atomic mass is 32.1. The van der Waals surface area contributed by atoms with Crippen LogP contribution in [0.5, 0.6) is 0 Å². The molecule has 5 rings (SSSR count). The standard InChI is InChI=1S/C27H28N4S/c1-20-10-11-23(21(2)17-20)24-18-32-27-25(24)26(28-19-29-27)31-15-13-30(14-16-31)12-6-9-22-7-4-3-5-8-22/h3-11,17-19H,12-16H2,1-2H3/b9-6+. The Labute approximate surface area is 193 Å². The molecule has 3 heterocycles. The summed E-state index contributed by atoms with van der Waals surface area (Å²) in [6, 6.07) is 17.2. The third kappa shape index (κ3) is 4.31. The van der Waals surface area contributed by atoms with Gasteiger partial charge in [-0.2, -0.15) is 0 Å². The molecule has 0 N–H and O–H groups in total. The molecule has 162 valence electrons. The molecule has 4 aromatic rings. The van der Waals surface area contributed by atoms with Gasteiger partial charge in [-0.3, -0.25) is 4.90 Å². The van der Waals surface area contributed by atoms with E-state index in [9.17, 15) is 0 Å². The van der Waals surface area contributed by atoms with Crippen LogP contribution in [0.4, 0.5) is 5.82 Å². The lowest BCUT2D eigenvalue weighted by atomic mass is 9.99. The highest BCUT2D eigenvalue weighted by Gasteiger charge is 2.22. The molecule has 0 unspecified atom stereocenters. The van der Waals surface area contributed by atoms with E-state index in [2.05, 4.69) is 94.7 Å². The fraction of sp³-hybridized carbons (Fsp3) is 0.259. The number of aromatic nitrogens is 2. The van der Waals surface area contributed by atoms with E-state index in [1.807, 2.05) is 0 Å². The van der Waals surface area contributed by atoms with Crippen LogP contribution in [0.25, 0.3) is 27.4 Å². The van der Waals surface area contributed by atoms with Crippen LogP contribution in [0.15, 0.2) is 66.3 Å². The molecule has 0 spiro atoms. The predicted molar refractivity (Wildman–Crippen MR) is 136 cm³/mol. The fourth-order valence-corrected chi connectivity index (χ4v) is 5.36. The Kier molecular flexibility index (Phi) is 6.02. The van der Waals surface area contributed by atoms with Gasteiger partial charge in [0.25, 0.3) is 0 Å². The van der Waals surface area contributed by atoms with Crippen molar-refractivity contribution in [2.75, 3.05) is 37.6 Å². The minimum atomic E-state index is 0.980. The van der Waals surface area contributed by atoms with Crippen LogP contribution in [0, 0.1) is 13.8 Å². The molecular weight excluding hydrogens is 412 g/mol. The Morgan fingerprint density at radius 2 is 1.75 bits per heavy atom. The van der Waals surface area contributed by atoms with Gasteiger partial charge in [0, 0.05) is 43.7 Å². The molecule has 2 aromatic heterocycles. The summed E-state index contributed by atoms with van der Waals surface area (Å²) in [5, 5.41) is 3.44. The van der Waals surface area contributed by atoms with Crippen molar-refractivity contribution >= 4 is 33.4 Å². The molecule has 4 nitrogen and oxygen atoms in total. The van der Waals surface area contributed by atoms with Crippen LogP contribution in [-0.4, -0.2) is 47.6 Å². The number of benzene rings is 2. The molecule has 0 aliphatic carbocycles. The summed E-state index contributed by atoms with van der Waals surface area (Å²) in [5.74, 6) is 1.07.